The number of alkyl carbamates (subject to hydrolysis) is 1. The number of nitrogens with zero attached hydrogens (tertiary/aromatic N) is 1. The van der Waals surface area contributed by atoms with E-state index >= 15 is 0 Å². The van der Waals surface area contributed by atoms with Crippen molar-refractivity contribution < 1.29 is 22.7 Å². The minimum atomic E-state index is -4.52. The molecule has 0 fully saturated rings. The number of amides is 1. The van der Waals surface area contributed by atoms with E-state index < -0.39 is 18.9 Å². The first-order valence-electron chi connectivity index (χ1n) is 5.09. The SMILES string of the molecule is O=C(NCCSc1ncccc1Cl)OCC(F)(F)F. The van der Waals surface area contributed by atoms with E-state index in [0.29, 0.717) is 15.8 Å². The van der Waals surface area contributed by atoms with Gasteiger partial charge in [0.2, 0.25) is 0 Å². The molecule has 0 aliphatic rings. The largest absolute Gasteiger partial charge is 0.440 e. The zero-order valence-corrected chi connectivity index (χ0v) is 11.1. The topological polar surface area (TPSA) is 51.2 Å². The summed E-state index contributed by atoms with van der Waals surface area (Å²) in [6.07, 6.45) is -4.06. The smallest absolute Gasteiger partial charge is 0.422 e. The first-order chi connectivity index (χ1) is 8.88. The summed E-state index contributed by atoms with van der Waals surface area (Å²) < 4.78 is 39.2. The van der Waals surface area contributed by atoms with Gasteiger partial charge in [-0.15, -0.1) is 11.8 Å². The standard InChI is InChI=1S/C10H10ClF3N2O2S/c11-7-2-1-3-15-8(7)19-5-4-16-9(17)18-6-10(12,13)14/h1-3H,4-6H2,(H,16,17). The number of carbonyl (C=O) groups is 1. The summed E-state index contributed by atoms with van der Waals surface area (Å²) in [7, 11) is 0. The number of rotatable bonds is 5. The molecule has 0 bridgehead atoms. The average Bonchev–Trinajstić information content (AvgIpc) is 2.33. The molecule has 0 aliphatic heterocycles. The number of pyridine rings is 1. The van der Waals surface area contributed by atoms with E-state index in [0.717, 1.165) is 0 Å². The molecule has 19 heavy (non-hydrogen) atoms. The second-order valence-corrected chi connectivity index (χ2v) is 4.75. The molecule has 0 aliphatic carbocycles. The zero-order chi connectivity index (χ0) is 14.3. The Bertz CT molecular complexity index is 431. The number of thioether (sulfide) groups is 1. The van der Waals surface area contributed by atoms with Crippen LogP contribution in [0.3, 0.4) is 0 Å². The van der Waals surface area contributed by atoms with Crippen LogP contribution in [0.2, 0.25) is 5.02 Å². The van der Waals surface area contributed by atoms with Gasteiger partial charge in [0.15, 0.2) is 6.61 Å². The molecule has 1 aromatic heterocycles. The minimum absolute atomic E-state index is 0.147. The maximum absolute atomic E-state index is 11.7. The van der Waals surface area contributed by atoms with Gasteiger partial charge < -0.3 is 10.1 Å². The predicted octanol–water partition coefficient (Wildman–Crippen LogP) is 3.12. The van der Waals surface area contributed by atoms with Gasteiger partial charge in [-0.3, -0.25) is 0 Å². The van der Waals surface area contributed by atoms with E-state index in [1.807, 2.05) is 0 Å². The molecule has 0 radical (unpaired) electrons. The predicted molar refractivity (Wildman–Crippen MR) is 65.4 cm³/mol. The Balaban J connectivity index is 2.17. The van der Waals surface area contributed by atoms with Crippen LogP contribution in [0, 0.1) is 0 Å². The lowest BCUT2D eigenvalue weighted by molar-refractivity contribution is -0.160. The number of alkyl halides is 3. The first-order valence-corrected chi connectivity index (χ1v) is 6.45. The van der Waals surface area contributed by atoms with Gasteiger partial charge in [-0.1, -0.05) is 11.6 Å². The molecule has 1 aromatic rings. The highest BCUT2D eigenvalue weighted by molar-refractivity contribution is 7.99. The van der Waals surface area contributed by atoms with Crippen LogP contribution in [-0.2, 0) is 4.74 Å². The molecule has 4 nitrogen and oxygen atoms in total. The number of carbonyl (C=O) groups excluding carboxylic acids is 1. The van der Waals surface area contributed by atoms with E-state index in [-0.39, 0.29) is 6.54 Å². The Morgan fingerprint density at radius 2 is 2.26 bits per heavy atom. The van der Waals surface area contributed by atoms with E-state index in [1.165, 1.54) is 11.8 Å². The second-order valence-electron chi connectivity index (χ2n) is 3.26. The average molecular weight is 315 g/mol. The summed E-state index contributed by atoms with van der Waals surface area (Å²) in [4.78, 5) is 14.9. The van der Waals surface area contributed by atoms with E-state index in [4.69, 9.17) is 11.6 Å². The summed E-state index contributed by atoms with van der Waals surface area (Å²) in [5.74, 6) is 0.415. The van der Waals surface area contributed by atoms with Gasteiger partial charge in [0, 0.05) is 18.5 Å². The fourth-order valence-corrected chi connectivity index (χ4v) is 2.00. The summed E-state index contributed by atoms with van der Waals surface area (Å²) in [5, 5.41) is 3.26. The number of nitrogens with one attached hydrogen (secondary N) is 1. The van der Waals surface area contributed by atoms with Crippen LogP contribution < -0.4 is 5.32 Å². The molecule has 0 saturated carbocycles. The number of hydrogen-bond donors (Lipinski definition) is 1. The molecule has 1 rings (SSSR count). The second kappa shape index (κ2) is 7.44. The van der Waals surface area contributed by atoms with Gasteiger partial charge in [-0.25, -0.2) is 9.78 Å². The molecular weight excluding hydrogens is 305 g/mol. The van der Waals surface area contributed by atoms with Crippen LogP contribution in [0.15, 0.2) is 23.4 Å². The molecule has 0 aromatic carbocycles. The maximum Gasteiger partial charge on any atom is 0.422 e. The zero-order valence-electron chi connectivity index (χ0n) is 9.54. The number of halogens is 4. The first kappa shape index (κ1) is 15.9. The van der Waals surface area contributed by atoms with Crippen molar-refractivity contribution in [2.75, 3.05) is 18.9 Å². The van der Waals surface area contributed by atoms with Crippen molar-refractivity contribution >= 4 is 29.5 Å². The quantitative estimate of drug-likeness (QED) is 0.670. The van der Waals surface area contributed by atoms with Gasteiger partial charge in [-0.2, -0.15) is 13.2 Å². The molecule has 0 atom stereocenters. The number of hydrogen-bond acceptors (Lipinski definition) is 4. The van der Waals surface area contributed by atoms with Crippen LogP contribution in [0.5, 0.6) is 0 Å². The van der Waals surface area contributed by atoms with Gasteiger partial charge in [0.25, 0.3) is 0 Å². The summed E-state index contributed by atoms with van der Waals surface area (Å²) in [6, 6.07) is 3.35. The van der Waals surface area contributed by atoms with E-state index in [1.54, 1.807) is 18.3 Å². The van der Waals surface area contributed by atoms with Crippen molar-refractivity contribution in [3.63, 3.8) is 0 Å². The minimum Gasteiger partial charge on any atom is -0.440 e. The Morgan fingerprint density at radius 1 is 1.53 bits per heavy atom. The molecule has 1 heterocycles. The van der Waals surface area contributed by atoms with Crippen molar-refractivity contribution in [2.24, 2.45) is 0 Å². The Labute approximate surface area is 116 Å². The van der Waals surface area contributed by atoms with Crippen molar-refractivity contribution in [2.45, 2.75) is 11.2 Å². The van der Waals surface area contributed by atoms with Gasteiger partial charge >= 0.3 is 12.3 Å². The summed E-state index contributed by atoms with van der Waals surface area (Å²) in [5.41, 5.74) is 0. The molecular formula is C10H10ClF3N2O2S. The van der Waals surface area contributed by atoms with Crippen LogP contribution in [0.4, 0.5) is 18.0 Å². The van der Waals surface area contributed by atoms with Crippen molar-refractivity contribution in [1.82, 2.24) is 10.3 Å². The third-order valence-corrected chi connectivity index (χ3v) is 3.13. The lowest BCUT2D eigenvalue weighted by atomic mass is 10.5. The molecule has 1 N–H and O–H groups in total. The van der Waals surface area contributed by atoms with Gasteiger partial charge in [0.05, 0.1) is 5.02 Å². The highest BCUT2D eigenvalue weighted by Crippen LogP contribution is 2.23. The Hall–Kier alpha value is -1.15. The Morgan fingerprint density at radius 3 is 2.89 bits per heavy atom. The highest BCUT2D eigenvalue weighted by Gasteiger charge is 2.29. The Kier molecular flexibility index (Phi) is 6.23. The fourth-order valence-electron chi connectivity index (χ4n) is 0.977. The fraction of sp³-hybridized carbons (Fsp3) is 0.400. The molecule has 0 unspecified atom stereocenters. The monoisotopic (exact) mass is 314 g/mol. The summed E-state index contributed by atoms with van der Waals surface area (Å²) >= 11 is 7.12. The van der Waals surface area contributed by atoms with Crippen molar-refractivity contribution in [3.05, 3.63) is 23.4 Å². The third kappa shape index (κ3) is 7.12. The van der Waals surface area contributed by atoms with E-state index in [9.17, 15) is 18.0 Å². The molecule has 9 heteroatoms. The highest BCUT2D eigenvalue weighted by atomic mass is 35.5. The van der Waals surface area contributed by atoms with Crippen molar-refractivity contribution in [1.29, 1.82) is 0 Å². The van der Waals surface area contributed by atoms with Gasteiger partial charge in [0.1, 0.15) is 5.03 Å². The summed E-state index contributed by atoms with van der Waals surface area (Å²) in [6.45, 7) is -1.45. The lowest BCUT2D eigenvalue weighted by Crippen LogP contribution is -2.30. The lowest BCUT2D eigenvalue weighted by Gasteiger charge is -2.08. The number of aromatic nitrogens is 1. The van der Waals surface area contributed by atoms with E-state index in [2.05, 4.69) is 15.0 Å². The van der Waals surface area contributed by atoms with Crippen LogP contribution >= 0.6 is 23.4 Å². The van der Waals surface area contributed by atoms with Crippen LogP contribution in [0.25, 0.3) is 0 Å². The molecule has 106 valence electrons. The molecule has 0 spiro atoms. The van der Waals surface area contributed by atoms with Gasteiger partial charge in [-0.05, 0) is 12.1 Å². The number of ether oxygens (including phenoxy) is 1. The molecule has 1 amide bonds. The maximum atomic E-state index is 11.7. The van der Waals surface area contributed by atoms with Crippen LogP contribution in [0.1, 0.15) is 0 Å². The van der Waals surface area contributed by atoms with Crippen molar-refractivity contribution in [3.8, 4) is 0 Å². The van der Waals surface area contributed by atoms with Crippen LogP contribution in [-0.4, -0.2) is 36.2 Å². The molecule has 0 saturated heterocycles. The third-order valence-electron chi connectivity index (χ3n) is 1.70. The normalized spacial score (nSPS) is 11.2.